The van der Waals surface area contributed by atoms with Crippen molar-refractivity contribution in [3.05, 3.63) is 26.4 Å². The quantitative estimate of drug-likeness (QED) is 0.451. The van der Waals surface area contributed by atoms with Crippen LogP contribution in [-0.2, 0) is 4.79 Å². The van der Waals surface area contributed by atoms with Crippen LogP contribution in [0.15, 0.2) is 14.7 Å². The van der Waals surface area contributed by atoms with Crippen molar-refractivity contribution in [2.45, 2.75) is 32.1 Å². The van der Waals surface area contributed by atoms with E-state index in [0.717, 1.165) is 38.3 Å². The molecular formula is C12H16N4O4. The largest absolute Gasteiger partial charge is 0.494 e. The summed E-state index contributed by atoms with van der Waals surface area (Å²) in [6.07, 6.45) is 5.89. The first kappa shape index (κ1) is 14.0. The lowest BCUT2D eigenvalue weighted by molar-refractivity contribution is -0.125. The first-order chi connectivity index (χ1) is 9.58. The van der Waals surface area contributed by atoms with Crippen molar-refractivity contribution < 1.29 is 9.90 Å². The Labute approximate surface area is 113 Å². The van der Waals surface area contributed by atoms with Crippen LogP contribution in [0.1, 0.15) is 37.7 Å². The van der Waals surface area contributed by atoms with Crippen LogP contribution in [0.2, 0.25) is 0 Å². The van der Waals surface area contributed by atoms with Gasteiger partial charge in [0, 0.05) is 5.92 Å². The highest BCUT2D eigenvalue weighted by atomic mass is 16.3. The molecule has 0 unspecified atom stereocenters. The molecule has 0 spiro atoms. The Morgan fingerprint density at radius 3 is 2.60 bits per heavy atom. The first-order valence-corrected chi connectivity index (χ1v) is 6.46. The molecule has 0 atom stereocenters. The van der Waals surface area contributed by atoms with E-state index in [0.29, 0.717) is 0 Å². The molecule has 1 aliphatic rings. The zero-order valence-corrected chi connectivity index (χ0v) is 10.8. The number of nitrogens with zero attached hydrogens (tertiary/aromatic N) is 1. The van der Waals surface area contributed by atoms with E-state index in [1.54, 1.807) is 0 Å². The van der Waals surface area contributed by atoms with E-state index in [1.807, 2.05) is 9.97 Å². The molecule has 1 amide bonds. The van der Waals surface area contributed by atoms with Gasteiger partial charge in [0.2, 0.25) is 11.8 Å². The molecule has 0 aromatic carbocycles. The van der Waals surface area contributed by atoms with E-state index in [4.69, 9.17) is 0 Å². The lowest BCUT2D eigenvalue weighted by atomic mass is 9.89. The molecule has 1 heterocycles. The fourth-order valence-corrected chi connectivity index (χ4v) is 2.22. The van der Waals surface area contributed by atoms with Gasteiger partial charge < -0.3 is 5.11 Å². The van der Waals surface area contributed by atoms with Gasteiger partial charge in [-0.1, -0.05) is 19.3 Å². The molecule has 0 aliphatic heterocycles. The maximum atomic E-state index is 11.8. The van der Waals surface area contributed by atoms with Gasteiger partial charge in [-0.3, -0.25) is 19.6 Å². The highest BCUT2D eigenvalue weighted by molar-refractivity contribution is 5.84. The van der Waals surface area contributed by atoms with Crippen LogP contribution in [-0.4, -0.2) is 27.2 Å². The number of aromatic amines is 2. The van der Waals surface area contributed by atoms with Gasteiger partial charge in [-0.05, 0) is 12.8 Å². The number of aromatic hydroxyl groups is 1. The van der Waals surface area contributed by atoms with Crippen molar-refractivity contribution in [1.82, 2.24) is 15.4 Å². The fraction of sp³-hybridized carbons (Fsp3) is 0.500. The van der Waals surface area contributed by atoms with Crippen LogP contribution < -0.4 is 16.7 Å². The maximum Gasteiger partial charge on any atom is 0.328 e. The van der Waals surface area contributed by atoms with Gasteiger partial charge in [-0.2, -0.15) is 5.10 Å². The zero-order chi connectivity index (χ0) is 14.5. The summed E-state index contributed by atoms with van der Waals surface area (Å²) in [6, 6.07) is 0. The third-order valence-electron chi connectivity index (χ3n) is 3.30. The Balaban J connectivity index is 2.01. The standard InChI is InChI=1S/C12H16N4O4/c17-9(7-4-2-1-3-5-7)16-13-6-8-10(18)14-12(20)15-11(8)19/h6-7H,1-5H2,(H,16,17)(H3,14,15,18,19,20)/b13-6+. The number of nitrogens with one attached hydrogen (secondary N) is 3. The second kappa shape index (κ2) is 6.18. The first-order valence-electron chi connectivity index (χ1n) is 6.46. The van der Waals surface area contributed by atoms with Gasteiger partial charge in [0.05, 0.1) is 6.21 Å². The van der Waals surface area contributed by atoms with E-state index in [2.05, 4.69) is 10.5 Å². The Morgan fingerprint density at radius 1 is 1.25 bits per heavy atom. The fourth-order valence-electron chi connectivity index (χ4n) is 2.22. The van der Waals surface area contributed by atoms with Gasteiger partial charge in [-0.25, -0.2) is 10.2 Å². The molecular weight excluding hydrogens is 264 g/mol. The van der Waals surface area contributed by atoms with Gasteiger partial charge in [0.15, 0.2) is 0 Å². The van der Waals surface area contributed by atoms with Crippen LogP contribution in [0.25, 0.3) is 0 Å². The third-order valence-corrected chi connectivity index (χ3v) is 3.30. The molecule has 0 bridgehead atoms. The molecule has 8 heteroatoms. The number of H-pyrrole nitrogens is 2. The summed E-state index contributed by atoms with van der Waals surface area (Å²) in [6.45, 7) is 0. The number of amides is 1. The Kier molecular flexibility index (Phi) is 4.34. The number of carbonyl (C=O) groups excluding carboxylic acids is 1. The molecule has 1 aliphatic carbocycles. The zero-order valence-electron chi connectivity index (χ0n) is 10.8. The van der Waals surface area contributed by atoms with Gasteiger partial charge in [0.1, 0.15) is 5.56 Å². The highest BCUT2D eigenvalue weighted by Crippen LogP contribution is 2.23. The summed E-state index contributed by atoms with van der Waals surface area (Å²) in [5.74, 6) is -0.834. The molecule has 4 N–H and O–H groups in total. The van der Waals surface area contributed by atoms with Crippen LogP contribution in [0.4, 0.5) is 0 Å². The van der Waals surface area contributed by atoms with E-state index in [1.165, 1.54) is 0 Å². The predicted octanol–water partition coefficient (Wildman–Crippen LogP) is -0.201. The summed E-state index contributed by atoms with van der Waals surface area (Å²) in [4.78, 5) is 38.0. The highest BCUT2D eigenvalue weighted by Gasteiger charge is 2.20. The number of rotatable bonds is 3. The molecule has 8 nitrogen and oxygen atoms in total. The molecule has 2 rings (SSSR count). The van der Waals surface area contributed by atoms with Crippen LogP contribution in [0.3, 0.4) is 0 Å². The van der Waals surface area contributed by atoms with Gasteiger partial charge >= 0.3 is 5.69 Å². The van der Waals surface area contributed by atoms with Crippen molar-refractivity contribution in [2.24, 2.45) is 11.0 Å². The predicted molar refractivity (Wildman–Crippen MR) is 71.7 cm³/mol. The summed E-state index contributed by atoms with van der Waals surface area (Å²) in [5.41, 5.74) is 0.545. The van der Waals surface area contributed by atoms with Crippen molar-refractivity contribution in [3.8, 4) is 5.88 Å². The molecule has 1 saturated carbocycles. The molecule has 1 aromatic heterocycles. The molecule has 0 radical (unpaired) electrons. The molecule has 20 heavy (non-hydrogen) atoms. The number of hydrogen-bond acceptors (Lipinski definition) is 5. The maximum absolute atomic E-state index is 11.8. The van der Waals surface area contributed by atoms with Crippen molar-refractivity contribution in [2.75, 3.05) is 0 Å². The van der Waals surface area contributed by atoms with E-state index >= 15 is 0 Å². The number of hydrazone groups is 1. The lowest BCUT2D eigenvalue weighted by Gasteiger charge is -2.19. The molecule has 1 fully saturated rings. The minimum Gasteiger partial charge on any atom is -0.494 e. The monoisotopic (exact) mass is 280 g/mol. The number of carbonyl (C=O) groups is 1. The second-order valence-corrected chi connectivity index (χ2v) is 4.74. The topological polar surface area (TPSA) is 127 Å². The third kappa shape index (κ3) is 3.34. The number of aromatic nitrogens is 2. The average molecular weight is 280 g/mol. The summed E-state index contributed by atoms with van der Waals surface area (Å²) in [5, 5.41) is 13.0. The van der Waals surface area contributed by atoms with Crippen molar-refractivity contribution >= 4 is 12.1 Å². The summed E-state index contributed by atoms with van der Waals surface area (Å²) >= 11 is 0. The molecule has 1 aromatic rings. The minimum absolute atomic E-state index is 0.0524. The second-order valence-electron chi connectivity index (χ2n) is 4.74. The molecule has 108 valence electrons. The van der Waals surface area contributed by atoms with Crippen molar-refractivity contribution in [1.29, 1.82) is 0 Å². The normalized spacial score (nSPS) is 16.4. The smallest absolute Gasteiger partial charge is 0.328 e. The minimum atomic E-state index is -0.809. The lowest BCUT2D eigenvalue weighted by Crippen LogP contribution is -2.29. The molecule has 0 saturated heterocycles. The van der Waals surface area contributed by atoms with Crippen LogP contribution >= 0.6 is 0 Å². The van der Waals surface area contributed by atoms with Crippen LogP contribution in [0, 0.1) is 5.92 Å². The Bertz CT molecular complexity index is 625. The average Bonchev–Trinajstić information content (AvgIpc) is 2.42. The Morgan fingerprint density at radius 2 is 1.95 bits per heavy atom. The van der Waals surface area contributed by atoms with Crippen molar-refractivity contribution in [3.63, 3.8) is 0 Å². The van der Waals surface area contributed by atoms with E-state index in [9.17, 15) is 19.5 Å². The van der Waals surface area contributed by atoms with E-state index < -0.39 is 17.1 Å². The van der Waals surface area contributed by atoms with E-state index in [-0.39, 0.29) is 17.4 Å². The summed E-state index contributed by atoms with van der Waals surface area (Å²) in [7, 11) is 0. The SMILES string of the molecule is O=C(N/N=C/c1c(O)[nH]c(=O)[nH]c1=O)C1CCCCC1. The number of hydrogen-bond donors (Lipinski definition) is 4. The van der Waals surface area contributed by atoms with Crippen LogP contribution in [0.5, 0.6) is 5.88 Å². The van der Waals surface area contributed by atoms with Gasteiger partial charge in [0.25, 0.3) is 5.56 Å². The Hall–Kier alpha value is -2.38. The summed E-state index contributed by atoms with van der Waals surface area (Å²) < 4.78 is 0. The van der Waals surface area contributed by atoms with Gasteiger partial charge in [-0.15, -0.1) is 0 Å².